The third-order valence-corrected chi connectivity index (χ3v) is 5.42. The molecule has 4 nitrogen and oxygen atoms in total. The molecule has 1 saturated heterocycles. The molecule has 30 heavy (non-hydrogen) atoms. The lowest BCUT2D eigenvalue weighted by atomic mass is 9.85. The van der Waals surface area contributed by atoms with E-state index in [4.69, 9.17) is 21.7 Å². The van der Waals surface area contributed by atoms with Gasteiger partial charge in [0.15, 0.2) is 11.5 Å². The van der Waals surface area contributed by atoms with Crippen LogP contribution in [0, 0.1) is 0 Å². The number of methoxy groups -OCH3 is 1. The molecule has 0 aromatic heterocycles. The zero-order valence-electron chi connectivity index (χ0n) is 16.1. The summed E-state index contributed by atoms with van der Waals surface area (Å²) in [5.74, 6) is 1.69. The average molecular weight is 432 g/mol. The van der Waals surface area contributed by atoms with E-state index >= 15 is 0 Å². The van der Waals surface area contributed by atoms with Gasteiger partial charge in [0.2, 0.25) is 0 Å². The maximum absolute atomic E-state index is 13.2. The van der Waals surface area contributed by atoms with E-state index in [0.29, 0.717) is 24.5 Å². The van der Waals surface area contributed by atoms with Gasteiger partial charge in [-0.1, -0.05) is 42.6 Å². The molecule has 4 rings (SSSR count). The number of piperidine rings is 1. The summed E-state index contributed by atoms with van der Waals surface area (Å²) in [6.45, 7) is 0.401. The zero-order chi connectivity index (χ0) is 21.3. The summed E-state index contributed by atoms with van der Waals surface area (Å²) in [6.07, 6.45) is -1.71. The molecule has 156 valence electrons. The molecule has 0 aliphatic carbocycles. The minimum atomic E-state index is -4.43. The smallest absolute Gasteiger partial charge is 0.416 e. The number of rotatable bonds is 5. The number of hydrogen-bond donors (Lipinski definition) is 1. The Morgan fingerprint density at radius 1 is 1.17 bits per heavy atom. The number of amidine groups is 1. The fourth-order valence-corrected chi connectivity index (χ4v) is 3.98. The number of alkyl halides is 3. The van der Waals surface area contributed by atoms with Crippen LogP contribution in [-0.2, 0) is 12.8 Å². The van der Waals surface area contributed by atoms with Crippen molar-refractivity contribution in [2.24, 2.45) is 4.99 Å². The van der Waals surface area contributed by atoms with Crippen molar-refractivity contribution in [3.8, 4) is 11.5 Å². The lowest BCUT2D eigenvalue weighted by Gasteiger charge is -2.27. The van der Waals surface area contributed by atoms with Crippen LogP contribution < -0.4 is 14.8 Å². The second-order valence-electron chi connectivity index (χ2n) is 7.01. The van der Waals surface area contributed by atoms with Gasteiger partial charge in [0.25, 0.3) is 0 Å². The number of hydrogen-bond acceptors (Lipinski definition) is 4. The highest BCUT2D eigenvalue weighted by Crippen LogP contribution is 2.39. The van der Waals surface area contributed by atoms with Gasteiger partial charge < -0.3 is 14.8 Å². The second-order valence-corrected chi connectivity index (χ2v) is 7.50. The number of benzene rings is 2. The first-order valence-corrected chi connectivity index (χ1v) is 9.78. The molecule has 0 radical (unpaired) electrons. The molecule has 2 aliphatic heterocycles. The lowest BCUT2D eigenvalue weighted by Crippen LogP contribution is -2.37. The largest absolute Gasteiger partial charge is 0.493 e. The standard InChI is InChI=1S/C22H19F3N2O2S/c1-28-19-10-13(16-11-20(30)27-21-15(16)8-9-26-21)6-7-18(19)29-12-14-4-2-3-5-17(14)22(23,24)25/h2-8,10,16H,9,11-12H2,1H3,(H,26,27,30). The molecule has 1 unspecified atom stereocenters. The molecule has 2 aliphatic rings. The van der Waals surface area contributed by atoms with Crippen LogP contribution in [0.3, 0.4) is 0 Å². The molecule has 1 fully saturated rings. The molecule has 0 amide bonds. The van der Waals surface area contributed by atoms with Crippen LogP contribution in [0.2, 0.25) is 0 Å². The number of ether oxygens (including phenoxy) is 2. The van der Waals surface area contributed by atoms with Gasteiger partial charge in [-0.2, -0.15) is 13.2 Å². The Bertz CT molecular complexity index is 1050. The molecular formula is C22H19F3N2O2S. The van der Waals surface area contributed by atoms with Crippen molar-refractivity contribution in [2.45, 2.75) is 25.1 Å². The Morgan fingerprint density at radius 3 is 2.73 bits per heavy atom. The molecule has 8 heteroatoms. The molecule has 1 atom stereocenters. The maximum Gasteiger partial charge on any atom is 0.416 e. The van der Waals surface area contributed by atoms with Gasteiger partial charge in [0.1, 0.15) is 12.4 Å². The summed E-state index contributed by atoms with van der Waals surface area (Å²) in [5.41, 5.74) is 1.44. The Balaban J connectivity index is 1.57. The highest BCUT2D eigenvalue weighted by molar-refractivity contribution is 7.80. The Kier molecular flexibility index (Phi) is 5.51. The minimum absolute atomic E-state index is 0.0499. The van der Waals surface area contributed by atoms with Gasteiger partial charge >= 0.3 is 6.18 Å². The summed E-state index contributed by atoms with van der Waals surface area (Å²) >= 11 is 5.36. The van der Waals surface area contributed by atoms with Gasteiger partial charge in [0.05, 0.1) is 24.2 Å². The number of nitrogens with zero attached hydrogens (tertiary/aromatic N) is 1. The van der Waals surface area contributed by atoms with E-state index in [2.05, 4.69) is 16.4 Å². The maximum atomic E-state index is 13.2. The predicted molar refractivity (Wildman–Crippen MR) is 112 cm³/mol. The van der Waals surface area contributed by atoms with E-state index in [1.807, 2.05) is 12.1 Å². The lowest BCUT2D eigenvalue weighted by molar-refractivity contribution is -0.138. The summed E-state index contributed by atoms with van der Waals surface area (Å²) in [5, 5.41) is 3.14. The Morgan fingerprint density at radius 2 is 1.97 bits per heavy atom. The Hall–Kier alpha value is -2.87. The number of nitrogens with one attached hydrogen (secondary N) is 1. The molecule has 1 N–H and O–H groups in total. The van der Waals surface area contributed by atoms with Crippen LogP contribution in [0.15, 0.2) is 59.1 Å². The van der Waals surface area contributed by atoms with Crippen molar-refractivity contribution < 1.29 is 22.6 Å². The van der Waals surface area contributed by atoms with Crippen molar-refractivity contribution in [1.82, 2.24) is 5.32 Å². The summed E-state index contributed by atoms with van der Waals surface area (Å²) in [7, 11) is 1.50. The molecule has 2 heterocycles. The van der Waals surface area contributed by atoms with Crippen LogP contribution in [0.25, 0.3) is 0 Å². The molecule has 0 bridgehead atoms. The topological polar surface area (TPSA) is 42.8 Å². The summed E-state index contributed by atoms with van der Waals surface area (Å²) in [4.78, 5) is 5.14. The van der Waals surface area contributed by atoms with E-state index in [1.54, 1.807) is 12.1 Å². The van der Waals surface area contributed by atoms with Crippen LogP contribution in [0.5, 0.6) is 11.5 Å². The van der Waals surface area contributed by atoms with Gasteiger partial charge in [-0.05, 0) is 23.8 Å². The second kappa shape index (κ2) is 8.10. The highest BCUT2D eigenvalue weighted by Gasteiger charge is 2.33. The minimum Gasteiger partial charge on any atom is -0.493 e. The van der Waals surface area contributed by atoms with Crippen molar-refractivity contribution >= 4 is 23.0 Å². The first kappa shape index (κ1) is 20.4. The van der Waals surface area contributed by atoms with E-state index in [0.717, 1.165) is 28.0 Å². The SMILES string of the molecule is COc1cc(C2CC(=S)NC3=NCC=C32)ccc1OCc1ccccc1C(F)(F)F. The number of halogens is 3. The van der Waals surface area contributed by atoms with E-state index in [1.165, 1.54) is 19.2 Å². The van der Waals surface area contributed by atoms with E-state index in [-0.39, 0.29) is 18.1 Å². The Labute approximate surface area is 177 Å². The number of aliphatic imine (C=N–C) groups is 1. The first-order valence-electron chi connectivity index (χ1n) is 9.37. The first-order chi connectivity index (χ1) is 14.4. The highest BCUT2D eigenvalue weighted by atomic mass is 32.1. The fraction of sp³-hybridized carbons (Fsp3) is 0.273. The summed E-state index contributed by atoms with van der Waals surface area (Å²) in [6, 6.07) is 10.8. The summed E-state index contributed by atoms with van der Waals surface area (Å²) < 4.78 is 50.8. The van der Waals surface area contributed by atoms with Crippen LogP contribution in [-0.4, -0.2) is 24.5 Å². The van der Waals surface area contributed by atoms with Gasteiger partial charge in [-0.3, -0.25) is 4.99 Å². The van der Waals surface area contributed by atoms with Crippen LogP contribution in [0.1, 0.15) is 29.0 Å². The number of fused-ring (bicyclic) bond motifs is 1. The monoisotopic (exact) mass is 432 g/mol. The molecule has 2 aromatic rings. The van der Waals surface area contributed by atoms with E-state index in [9.17, 15) is 13.2 Å². The van der Waals surface area contributed by atoms with Gasteiger partial charge in [-0.25, -0.2) is 0 Å². The quantitative estimate of drug-likeness (QED) is 0.673. The average Bonchev–Trinajstić information content (AvgIpc) is 3.19. The van der Waals surface area contributed by atoms with E-state index < -0.39 is 11.7 Å². The molecule has 0 saturated carbocycles. The number of thiocarbonyl (C=S) groups is 1. The molecular weight excluding hydrogens is 413 g/mol. The molecule has 2 aromatic carbocycles. The normalized spacial score (nSPS) is 18.3. The van der Waals surface area contributed by atoms with Crippen molar-refractivity contribution in [3.05, 3.63) is 70.8 Å². The van der Waals surface area contributed by atoms with Crippen molar-refractivity contribution in [1.29, 1.82) is 0 Å². The van der Waals surface area contributed by atoms with Crippen LogP contribution >= 0.6 is 12.2 Å². The van der Waals surface area contributed by atoms with Gasteiger partial charge in [0, 0.05) is 23.5 Å². The van der Waals surface area contributed by atoms with Crippen LogP contribution in [0.4, 0.5) is 13.2 Å². The van der Waals surface area contributed by atoms with Crippen molar-refractivity contribution in [3.63, 3.8) is 0 Å². The van der Waals surface area contributed by atoms with Crippen molar-refractivity contribution in [2.75, 3.05) is 13.7 Å². The predicted octanol–water partition coefficient (Wildman–Crippen LogP) is 5.04. The van der Waals surface area contributed by atoms with Gasteiger partial charge in [-0.15, -0.1) is 0 Å². The fourth-order valence-electron chi connectivity index (χ4n) is 3.72. The third-order valence-electron chi connectivity index (χ3n) is 5.15. The third kappa shape index (κ3) is 4.05. The zero-order valence-corrected chi connectivity index (χ0v) is 16.9. The molecule has 0 spiro atoms.